The second-order valence-corrected chi connectivity index (χ2v) is 3.84. The van der Waals surface area contributed by atoms with Crippen molar-refractivity contribution in [2.75, 3.05) is 0 Å². The van der Waals surface area contributed by atoms with Gasteiger partial charge in [0.15, 0.2) is 0 Å². The first-order valence-corrected chi connectivity index (χ1v) is 4.71. The van der Waals surface area contributed by atoms with E-state index >= 15 is 0 Å². The van der Waals surface area contributed by atoms with Crippen molar-refractivity contribution in [2.24, 2.45) is 0 Å². The number of hydrogen-bond donors (Lipinski definition) is 1. The molecule has 1 heteroatoms. The molecule has 0 aliphatic carbocycles. The van der Waals surface area contributed by atoms with E-state index in [-0.39, 0.29) is 0 Å². The number of nitrogens with one attached hydrogen (secondary N) is 1. The van der Waals surface area contributed by atoms with Crippen molar-refractivity contribution < 1.29 is 0 Å². The lowest BCUT2D eigenvalue weighted by Crippen LogP contribution is -1.99. The van der Waals surface area contributed by atoms with Crippen LogP contribution in [0.2, 0.25) is 0 Å². The van der Waals surface area contributed by atoms with Gasteiger partial charge in [0.05, 0.1) is 0 Å². The monoisotopic (exact) mass is 173 g/mol. The molecule has 68 valence electrons. The van der Waals surface area contributed by atoms with Gasteiger partial charge in [-0.05, 0) is 30.0 Å². The molecule has 0 atom stereocenters. The van der Waals surface area contributed by atoms with Crippen LogP contribution in [0.25, 0.3) is 0 Å². The third-order valence-corrected chi connectivity index (χ3v) is 2.41. The quantitative estimate of drug-likeness (QED) is 0.677. The van der Waals surface area contributed by atoms with Crippen molar-refractivity contribution in [1.82, 2.24) is 5.32 Å². The molecule has 0 spiro atoms. The first-order chi connectivity index (χ1) is 6.25. The molecule has 1 heterocycles. The number of hydrogen-bond acceptors (Lipinski definition) is 1. The lowest BCUT2D eigenvalue weighted by atomic mass is 10.0. The van der Waals surface area contributed by atoms with E-state index in [1.54, 1.807) is 0 Å². The van der Waals surface area contributed by atoms with E-state index < -0.39 is 0 Å². The van der Waals surface area contributed by atoms with Crippen LogP contribution in [0.1, 0.15) is 23.6 Å². The van der Waals surface area contributed by atoms with Gasteiger partial charge in [-0.15, -0.1) is 0 Å². The molecule has 1 aromatic carbocycles. The molecule has 0 saturated carbocycles. The third-order valence-electron chi connectivity index (χ3n) is 2.41. The van der Waals surface area contributed by atoms with Crippen molar-refractivity contribution in [3.63, 3.8) is 0 Å². The molecule has 0 radical (unpaired) electrons. The maximum absolute atomic E-state index is 3.93. The van der Waals surface area contributed by atoms with E-state index in [1.165, 1.54) is 22.3 Å². The van der Waals surface area contributed by atoms with Gasteiger partial charge in [-0.2, -0.15) is 0 Å². The van der Waals surface area contributed by atoms with Gasteiger partial charge in [0, 0.05) is 13.1 Å². The van der Waals surface area contributed by atoms with Gasteiger partial charge in [0.1, 0.15) is 0 Å². The summed E-state index contributed by atoms with van der Waals surface area (Å²) in [5.74, 6) is 0. The van der Waals surface area contributed by atoms with Gasteiger partial charge in [-0.3, -0.25) is 0 Å². The Morgan fingerprint density at radius 1 is 1.38 bits per heavy atom. The van der Waals surface area contributed by atoms with E-state index in [1.807, 2.05) is 0 Å². The second-order valence-electron chi connectivity index (χ2n) is 3.84. The van der Waals surface area contributed by atoms with E-state index in [9.17, 15) is 0 Å². The maximum Gasteiger partial charge on any atom is 0.0212 e. The Morgan fingerprint density at radius 2 is 2.15 bits per heavy atom. The molecule has 1 nitrogen and oxygen atoms in total. The first kappa shape index (κ1) is 8.52. The Morgan fingerprint density at radius 3 is 2.92 bits per heavy atom. The fraction of sp³-hybridized carbons (Fsp3) is 0.333. The molecule has 0 unspecified atom stereocenters. The zero-order chi connectivity index (χ0) is 9.26. The largest absolute Gasteiger partial charge is 0.309 e. The molecule has 0 bridgehead atoms. The van der Waals surface area contributed by atoms with Crippen LogP contribution in [-0.4, -0.2) is 0 Å². The van der Waals surface area contributed by atoms with Crippen LogP contribution in [0.3, 0.4) is 0 Å². The van der Waals surface area contributed by atoms with Crippen LogP contribution in [-0.2, 0) is 19.5 Å². The molecular weight excluding hydrogens is 158 g/mol. The van der Waals surface area contributed by atoms with Crippen molar-refractivity contribution in [2.45, 2.75) is 26.4 Å². The summed E-state index contributed by atoms with van der Waals surface area (Å²) in [5.41, 5.74) is 5.52. The van der Waals surface area contributed by atoms with Crippen LogP contribution in [0.5, 0.6) is 0 Å². The summed E-state index contributed by atoms with van der Waals surface area (Å²) in [6.07, 6.45) is 1.01. The van der Waals surface area contributed by atoms with Gasteiger partial charge in [0.25, 0.3) is 0 Å². The SMILES string of the molecule is C=C(C)Cc1ccc2c(c1)CNC2. The molecule has 1 aliphatic heterocycles. The predicted molar refractivity (Wildman–Crippen MR) is 55.5 cm³/mol. The molecule has 1 aliphatic rings. The zero-order valence-corrected chi connectivity index (χ0v) is 8.06. The zero-order valence-electron chi connectivity index (χ0n) is 8.06. The molecule has 0 amide bonds. The average Bonchev–Trinajstić information content (AvgIpc) is 2.49. The van der Waals surface area contributed by atoms with E-state index in [0.29, 0.717) is 0 Å². The third kappa shape index (κ3) is 1.81. The number of benzene rings is 1. The minimum atomic E-state index is 1.01. The molecule has 0 fully saturated rings. The normalized spacial score (nSPS) is 14.2. The highest BCUT2D eigenvalue weighted by molar-refractivity contribution is 5.35. The summed E-state index contributed by atoms with van der Waals surface area (Å²) < 4.78 is 0. The standard InChI is InChI=1S/C12H15N/c1-9(2)5-10-3-4-11-7-13-8-12(11)6-10/h3-4,6,13H,1,5,7-8H2,2H3. The molecule has 13 heavy (non-hydrogen) atoms. The predicted octanol–water partition coefficient (Wildman–Crippen LogP) is 2.41. The van der Waals surface area contributed by atoms with E-state index in [2.05, 4.69) is 37.0 Å². The minimum Gasteiger partial charge on any atom is -0.309 e. The lowest BCUT2D eigenvalue weighted by Gasteiger charge is -2.03. The van der Waals surface area contributed by atoms with Crippen LogP contribution < -0.4 is 5.32 Å². The van der Waals surface area contributed by atoms with Crippen LogP contribution in [0.15, 0.2) is 30.4 Å². The fourth-order valence-corrected chi connectivity index (χ4v) is 1.81. The van der Waals surface area contributed by atoms with Gasteiger partial charge in [0.2, 0.25) is 0 Å². The van der Waals surface area contributed by atoms with Gasteiger partial charge in [-0.25, -0.2) is 0 Å². The summed E-state index contributed by atoms with van der Waals surface area (Å²) in [5, 5.41) is 3.35. The molecule has 1 aromatic rings. The Bertz CT molecular complexity index is 339. The highest BCUT2D eigenvalue weighted by Gasteiger charge is 2.09. The Labute approximate surface area is 79.5 Å². The number of rotatable bonds is 2. The number of allylic oxidation sites excluding steroid dienone is 1. The topological polar surface area (TPSA) is 12.0 Å². The minimum absolute atomic E-state index is 1.01. The highest BCUT2D eigenvalue weighted by Crippen LogP contribution is 2.18. The summed E-state index contributed by atoms with van der Waals surface area (Å²) >= 11 is 0. The summed E-state index contributed by atoms with van der Waals surface area (Å²) in [7, 11) is 0. The van der Waals surface area contributed by atoms with E-state index in [4.69, 9.17) is 0 Å². The van der Waals surface area contributed by atoms with Gasteiger partial charge >= 0.3 is 0 Å². The molecule has 1 N–H and O–H groups in total. The highest BCUT2D eigenvalue weighted by atomic mass is 14.9. The molecular formula is C12H15N. The molecule has 2 rings (SSSR count). The van der Waals surface area contributed by atoms with Crippen LogP contribution in [0, 0.1) is 0 Å². The molecule has 0 saturated heterocycles. The fourth-order valence-electron chi connectivity index (χ4n) is 1.81. The first-order valence-electron chi connectivity index (χ1n) is 4.71. The lowest BCUT2D eigenvalue weighted by molar-refractivity contribution is 0.764. The average molecular weight is 173 g/mol. The summed E-state index contributed by atoms with van der Waals surface area (Å²) in [6.45, 7) is 8.06. The Kier molecular flexibility index (Phi) is 2.19. The Balaban J connectivity index is 2.25. The number of fused-ring (bicyclic) bond motifs is 1. The summed E-state index contributed by atoms with van der Waals surface area (Å²) in [4.78, 5) is 0. The van der Waals surface area contributed by atoms with Gasteiger partial charge < -0.3 is 5.32 Å². The second kappa shape index (κ2) is 3.35. The van der Waals surface area contributed by atoms with Crippen molar-refractivity contribution >= 4 is 0 Å². The maximum atomic E-state index is 3.93. The Hall–Kier alpha value is -1.08. The summed E-state index contributed by atoms with van der Waals surface area (Å²) in [6, 6.07) is 6.73. The molecule has 0 aromatic heterocycles. The van der Waals surface area contributed by atoms with Crippen molar-refractivity contribution in [1.29, 1.82) is 0 Å². The van der Waals surface area contributed by atoms with E-state index in [0.717, 1.165) is 19.5 Å². The van der Waals surface area contributed by atoms with Gasteiger partial charge in [-0.1, -0.05) is 30.4 Å². The van der Waals surface area contributed by atoms with Crippen LogP contribution >= 0.6 is 0 Å². The van der Waals surface area contributed by atoms with Crippen LogP contribution in [0.4, 0.5) is 0 Å². The van der Waals surface area contributed by atoms with Crippen molar-refractivity contribution in [3.8, 4) is 0 Å². The smallest absolute Gasteiger partial charge is 0.0212 e. The van der Waals surface area contributed by atoms with Crippen molar-refractivity contribution in [3.05, 3.63) is 47.0 Å².